The normalized spacial score (nSPS) is 11.4. The first-order chi connectivity index (χ1) is 9.84. The van der Waals surface area contributed by atoms with Gasteiger partial charge in [0.15, 0.2) is 11.2 Å². The van der Waals surface area contributed by atoms with Crippen LogP contribution in [0.4, 0.5) is 0 Å². The lowest BCUT2D eigenvalue weighted by molar-refractivity contribution is 0.729. The molecular formula is C14H13N5S. The van der Waals surface area contributed by atoms with E-state index in [0.29, 0.717) is 0 Å². The van der Waals surface area contributed by atoms with Gasteiger partial charge in [0.05, 0.1) is 0 Å². The van der Waals surface area contributed by atoms with Crippen molar-refractivity contribution >= 4 is 29.0 Å². The van der Waals surface area contributed by atoms with Gasteiger partial charge in [-0.25, -0.2) is 14.6 Å². The van der Waals surface area contributed by atoms with Crippen molar-refractivity contribution in [3.05, 3.63) is 48.3 Å². The minimum absolute atomic E-state index is 0.758. The van der Waals surface area contributed by atoms with Crippen LogP contribution in [0, 0.1) is 0 Å². The summed E-state index contributed by atoms with van der Waals surface area (Å²) in [6, 6.07) is 10.2. The van der Waals surface area contributed by atoms with Crippen LogP contribution in [0.25, 0.3) is 17.2 Å². The summed E-state index contributed by atoms with van der Waals surface area (Å²) < 4.78 is 1.65. The maximum Gasteiger partial charge on any atom is 0.182 e. The number of thioether (sulfide) groups is 1. The predicted octanol–water partition coefficient (Wildman–Crippen LogP) is 2.56. The van der Waals surface area contributed by atoms with Gasteiger partial charge in [-0.2, -0.15) is 0 Å². The molecule has 0 amide bonds. The van der Waals surface area contributed by atoms with Crippen molar-refractivity contribution in [2.24, 2.45) is 7.05 Å². The molecule has 0 radical (unpaired) electrons. The number of fused-ring (bicyclic) bond motifs is 1. The van der Waals surface area contributed by atoms with Gasteiger partial charge >= 0.3 is 0 Å². The van der Waals surface area contributed by atoms with Crippen LogP contribution in [0.2, 0.25) is 0 Å². The maximum absolute atomic E-state index is 4.27. The molecule has 0 aliphatic carbocycles. The second-order valence-electron chi connectivity index (χ2n) is 4.19. The first kappa shape index (κ1) is 12.8. The summed E-state index contributed by atoms with van der Waals surface area (Å²) >= 11 is 1.63. The Labute approximate surface area is 120 Å². The summed E-state index contributed by atoms with van der Waals surface area (Å²) in [6.45, 7) is 0. The van der Waals surface area contributed by atoms with Crippen LogP contribution < -0.4 is 0 Å². The van der Waals surface area contributed by atoms with Gasteiger partial charge in [-0.15, -0.1) is 5.10 Å². The van der Waals surface area contributed by atoms with Crippen molar-refractivity contribution in [2.45, 2.75) is 5.03 Å². The molecule has 2 heterocycles. The van der Waals surface area contributed by atoms with Crippen LogP contribution in [-0.4, -0.2) is 30.7 Å². The van der Waals surface area contributed by atoms with E-state index in [1.807, 2.05) is 25.2 Å². The number of nitrogens with zero attached hydrogens (tertiary/aromatic N) is 5. The number of hydrogen-bond acceptors (Lipinski definition) is 5. The topological polar surface area (TPSA) is 56.5 Å². The number of aromatic nitrogens is 5. The maximum atomic E-state index is 4.27. The van der Waals surface area contributed by atoms with Crippen molar-refractivity contribution in [3.63, 3.8) is 0 Å². The van der Waals surface area contributed by atoms with Gasteiger partial charge in [-0.1, -0.05) is 59.5 Å². The third-order valence-corrected chi connectivity index (χ3v) is 3.71. The van der Waals surface area contributed by atoms with E-state index < -0.39 is 0 Å². The quantitative estimate of drug-likeness (QED) is 0.544. The van der Waals surface area contributed by atoms with Crippen LogP contribution in [0.3, 0.4) is 0 Å². The van der Waals surface area contributed by atoms with Gasteiger partial charge in [0.2, 0.25) is 0 Å². The Morgan fingerprint density at radius 2 is 2.05 bits per heavy atom. The molecule has 0 spiro atoms. The summed E-state index contributed by atoms with van der Waals surface area (Å²) in [5.74, 6) is 0.831. The third kappa shape index (κ3) is 2.70. The van der Waals surface area contributed by atoms with Gasteiger partial charge in [0.25, 0.3) is 0 Å². The van der Waals surface area contributed by atoms with Gasteiger partial charge in [0.1, 0.15) is 11.4 Å². The number of rotatable bonds is 4. The van der Waals surface area contributed by atoms with Crippen LogP contribution >= 0.6 is 11.8 Å². The highest BCUT2D eigenvalue weighted by Gasteiger charge is 2.08. The fraction of sp³-hybridized carbons (Fsp3) is 0.143. The summed E-state index contributed by atoms with van der Waals surface area (Å²) in [5.41, 5.74) is 2.71. The zero-order valence-electron chi connectivity index (χ0n) is 11.0. The van der Waals surface area contributed by atoms with E-state index >= 15 is 0 Å². The summed E-state index contributed by atoms with van der Waals surface area (Å²) in [6.07, 6.45) is 5.77. The van der Waals surface area contributed by atoms with Gasteiger partial charge < -0.3 is 0 Å². The van der Waals surface area contributed by atoms with Crippen LogP contribution in [0.15, 0.2) is 47.8 Å². The summed E-state index contributed by atoms with van der Waals surface area (Å²) in [7, 11) is 1.83. The molecule has 0 unspecified atom stereocenters. The van der Waals surface area contributed by atoms with E-state index in [0.717, 1.165) is 21.9 Å². The molecule has 3 aromatic rings. The Kier molecular flexibility index (Phi) is 3.73. The van der Waals surface area contributed by atoms with Gasteiger partial charge in [-0.05, 0) is 5.56 Å². The summed E-state index contributed by atoms with van der Waals surface area (Å²) in [4.78, 5) is 8.44. The molecule has 2 aromatic heterocycles. The van der Waals surface area contributed by atoms with Crippen molar-refractivity contribution in [1.29, 1.82) is 0 Å². The lowest BCUT2D eigenvalue weighted by Gasteiger charge is -1.97. The molecule has 0 saturated heterocycles. The molecule has 0 aliphatic rings. The number of benzene rings is 1. The Morgan fingerprint density at radius 3 is 2.90 bits per heavy atom. The molecule has 0 bridgehead atoms. The largest absolute Gasteiger partial charge is 0.230 e. The smallest absolute Gasteiger partial charge is 0.182 e. The molecular weight excluding hydrogens is 270 g/mol. The van der Waals surface area contributed by atoms with Crippen LogP contribution in [0.5, 0.6) is 0 Å². The highest BCUT2D eigenvalue weighted by atomic mass is 32.2. The molecule has 0 N–H and O–H groups in total. The van der Waals surface area contributed by atoms with Crippen molar-refractivity contribution in [2.75, 3.05) is 5.75 Å². The Balaban J connectivity index is 1.70. The molecule has 0 saturated carbocycles. The zero-order valence-corrected chi connectivity index (χ0v) is 11.8. The third-order valence-electron chi connectivity index (χ3n) is 2.78. The van der Waals surface area contributed by atoms with Crippen molar-refractivity contribution < 1.29 is 0 Å². The van der Waals surface area contributed by atoms with E-state index in [-0.39, 0.29) is 0 Å². The molecule has 20 heavy (non-hydrogen) atoms. The molecule has 3 rings (SSSR count). The second-order valence-corrected chi connectivity index (χ2v) is 5.20. The van der Waals surface area contributed by atoms with E-state index in [4.69, 9.17) is 0 Å². The van der Waals surface area contributed by atoms with Crippen molar-refractivity contribution in [3.8, 4) is 0 Å². The molecule has 5 nitrogen and oxygen atoms in total. The lowest BCUT2D eigenvalue weighted by Crippen LogP contribution is -1.92. The van der Waals surface area contributed by atoms with E-state index in [2.05, 4.69) is 44.6 Å². The minimum atomic E-state index is 0.758. The fourth-order valence-corrected chi connectivity index (χ4v) is 2.55. The minimum Gasteiger partial charge on any atom is -0.230 e. The highest BCUT2D eigenvalue weighted by Crippen LogP contribution is 2.22. The molecule has 0 fully saturated rings. The van der Waals surface area contributed by atoms with Gasteiger partial charge in [-0.3, -0.25) is 0 Å². The predicted molar refractivity (Wildman–Crippen MR) is 80.3 cm³/mol. The SMILES string of the molecule is Cn1nnc2c(SC/C=C/c3ccccc3)ncnc21. The molecule has 100 valence electrons. The average Bonchev–Trinajstić information content (AvgIpc) is 2.87. The van der Waals surface area contributed by atoms with E-state index in [1.165, 1.54) is 5.56 Å². The summed E-state index contributed by atoms with van der Waals surface area (Å²) in [5, 5.41) is 8.93. The Morgan fingerprint density at radius 1 is 1.20 bits per heavy atom. The second kappa shape index (κ2) is 5.83. The van der Waals surface area contributed by atoms with E-state index in [1.54, 1.807) is 22.8 Å². The highest BCUT2D eigenvalue weighted by molar-refractivity contribution is 7.99. The van der Waals surface area contributed by atoms with Crippen LogP contribution in [0.1, 0.15) is 5.56 Å². The number of hydrogen-bond donors (Lipinski definition) is 0. The zero-order chi connectivity index (χ0) is 13.8. The van der Waals surface area contributed by atoms with E-state index in [9.17, 15) is 0 Å². The fourth-order valence-electron chi connectivity index (χ4n) is 1.81. The first-order valence-electron chi connectivity index (χ1n) is 6.19. The number of aryl methyl sites for hydroxylation is 1. The lowest BCUT2D eigenvalue weighted by atomic mass is 10.2. The first-order valence-corrected chi connectivity index (χ1v) is 7.18. The van der Waals surface area contributed by atoms with Gasteiger partial charge in [0, 0.05) is 12.8 Å². The average molecular weight is 283 g/mol. The molecule has 0 aliphatic heterocycles. The monoisotopic (exact) mass is 283 g/mol. The van der Waals surface area contributed by atoms with Crippen molar-refractivity contribution in [1.82, 2.24) is 25.0 Å². The molecule has 6 heteroatoms. The molecule has 1 aromatic carbocycles. The molecule has 0 atom stereocenters. The Hall–Kier alpha value is -2.21. The Bertz CT molecular complexity index is 736. The van der Waals surface area contributed by atoms with Crippen LogP contribution in [-0.2, 0) is 7.05 Å². The standard InChI is InChI=1S/C14H13N5S/c1-19-13-12(17-18-19)14(16-10-15-13)20-9-5-8-11-6-3-2-4-7-11/h2-8,10H,9H2,1H3/b8-5+.